The van der Waals surface area contributed by atoms with Gasteiger partial charge in [0.1, 0.15) is 6.61 Å². The minimum Gasteiger partial charge on any atom is -0.273 e. The van der Waals surface area contributed by atoms with E-state index in [1.54, 1.807) is 18.3 Å². The lowest BCUT2D eigenvalue weighted by molar-refractivity contribution is 0.335. The summed E-state index contributed by atoms with van der Waals surface area (Å²) < 4.78 is 4.33. The van der Waals surface area contributed by atoms with Crippen LogP contribution in [0, 0.1) is 0 Å². The number of aromatic nitrogens is 1. The summed E-state index contributed by atoms with van der Waals surface area (Å²) in [4.78, 5) is 3.93. The molecule has 0 N–H and O–H groups in total. The zero-order valence-electron chi connectivity index (χ0n) is 5.05. The highest BCUT2D eigenvalue weighted by molar-refractivity contribution is 6.30. The van der Waals surface area contributed by atoms with Gasteiger partial charge in [-0.25, -0.2) is 0 Å². The lowest BCUT2D eigenvalue weighted by Gasteiger charge is -1.94. The zero-order chi connectivity index (χ0) is 7.40. The van der Waals surface area contributed by atoms with Crippen LogP contribution in [0.4, 0.5) is 0 Å². The molecule has 1 aromatic heterocycles. The number of hydrogen-bond acceptors (Lipinski definition) is 2. The van der Waals surface area contributed by atoms with Crippen molar-refractivity contribution < 1.29 is 4.29 Å². The number of halogens is 2. The summed E-state index contributed by atoms with van der Waals surface area (Å²) in [7, 11) is 0. The lowest BCUT2D eigenvalue weighted by atomic mass is 10.4. The zero-order valence-corrected chi connectivity index (χ0v) is 6.56. The summed E-state index contributed by atoms with van der Waals surface area (Å²) in [5.41, 5.74) is 0.763. The van der Waals surface area contributed by atoms with E-state index in [1.807, 2.05) is 0 Å². The van der Waals surface area contributed by atoms with Crippen molar-refractivity contribution in [2.75, 3.05) is 0 Å². The molecule has 0 atom stereocenters. The Hall–Kier alpha value is -0.310. The number of pyridine rings is 1. The van der Waals surface area contributed by atoms with Gasteiger partial charge in [0.25, 0.3) is 0 Å². The summed E-state index contributed by atoms with van der Waals surface area (Å²) in [6, 6.07) is 3.49. The average molecular weight is 178 g/mol. The van der Waals surface area contributed by atoms with Crippen molar-refractivity contribution >= 4 is 23.5 Å². The molecular weight excluding hydrogens is 173 g/mol. The molecule has 1 rings (SSSR count). The minimum absolute atomic E-state index is 0.304. The van der Waals surface area contributed by atoms with Crippen LogP contribution in [0.2, 0.25) is 5.02 Å². The molecule has 1 heterocycles. The summed E-state index contributed by atoms with van der Waals surface area (Å²) in [6.07, 6.45) is 1.55. The molecule has 0 fully saturated rings. The van der Waals surface area contributed by atoms with Crippen molar-refractivity contribution in [1.82, 2.24) is 4.98 Å². The van der Waals surface area contributed by atoms with Crippen molar-refractivity contribution in [2.24, 2.45) is 0 Å². The Bertz CT molecular complexity index is 199. The van der Waals surface area contributed by atoms with Gasteiger partial charge in [0.05, 0.1) is 22.6 Å². The molecule has 4 heteroatoms. The van der Waals surface area contributed by atoms with Crippen LogP contribution < -0.4 is 0 Å². The molecule has 2 nitrogen and oxygen atoms in total. The molecule has 0 aliphatic rings. The Labute approximate surface area is 68.9 Å². The van der Waals surface area contributed by atoms with Crippen molar-refractivity contribution in [3.8, 4) is 0 Å². The standard InChI is InChI=1S/C6H5Cl2NO/c7-5-1-2-6(4-10-8)9-3-5/h1-3H,4H2. The van der Waals surface area contributed by atoms with Crippen LogP contribution in [0.15, 0.2) is 18.3 Å². The van der Waals surface area contributed by atoms with Gasteiger partial charge in [-0.3, -0.25) is 9.27 Å². The monoisotopic (exact) mass is 177 g/mol. The predicted molar refractivity (Wildman–Crippen MR) is 39.9 cm³/mol. The number of nitrogens with zero attached hydrogens (tertiary/aromatic N) is 1. The van der Waals surface area contributed by atoms with Crippen molar-refractivity contribution in [1.29, 1.82) is 0 Å². The van der Waals surface area contributed by atoms with E-state index >= 15 is 0 Å². The van der Waals surface area contributed by atoms with Gasteiger partial charge in [-0.1, -0.05) is 11.6 Å². The Balaban J connectivity index is 2.69. The van der Waals surface area contributed by atoms with Gasteiger partial charge in [0.15, 0.2) is 0 Å². The predicted octanol–water partition coefficient (Wildman–Crippen LogP) is 2.41. The van der Waals surface area contributed by atoms with Gasteiger partial charge in [-0.15, -0.1) is 0 Å². The van der Waals surface area contributed by atoms with Gasteiger partial charge in [-0.2, -0.15) is 0 Å². The van der Waals surface area contributed by atoms with Crippen molar-refractivity contribution in [3.63, 3.8) is 0 Å². The number of hydrogen-bond donors (Lipinski definition) is 0. The van der Waals surface area contributed by atoms with Gasteiger partial charge < -0.3 is 0 Å². The van der Waals surface area contributed by atoms with E-state index in [4.69, 9.17) is 23.5 Å². The van der Waals surface area contributed by atoms with Crippen LogP contribution in [0.1, 0.15) is 5.69 Å². The van der Waals surface area contributed by atoms with E-state index in [1.165, 1.54) is 0 Å². The molecule has 10 heavy (non-hydrogen) atoms. The summed E-state index contributed by atoms with van der Waals surface area (Å²) >= 11 is 10.6. The highest BCUT2D eigenvalue weighted by Crippen LogP contribution is 2.06. The van der Waals surface area contributed by atoms with Crippen molar-refractivity contribution in [3.05, 3.63) is 29.0 Å². The molecule has 0 saturated heterocycles. The Kier molecular flexibility index (Phi) is 2.93. The number of rotatable bonds is 2. The molecule has 0 amide bonds. The van der Waals surface area contributed by atoms with Crippen LogP contribution in [-0.2, 0) is 10.9 Å². The normalized spacial score (nSPS) is 9.80. The SMILES string of the molecule is ClOCc1ccc(Cl)cn1. The van der Waals surface area contributed by atoms with E-state index in [2.05, 4.69) is 9.27 Å². The van der Waals surface area contributed by atoms with Crippen molar-refractivity contribution in [2.45, 2.75) is 6.61 Å². The van der Waals surface area contributed by atoms with E-state index < -0.39 is 0 Å². The third-order valence-corrected chi connectivity index (χ3v) is 1.32. The molecular formula is C6H5Cl2NO. The molecule has 0 radical (unpaired) electrons. The molecule has 0 spiro atoms. The second-order valence-electron chi connectivity index (χ2n) is 1.72. The maximum absolute atomic E-state index is 5.58. The molecule has 0 aliphatic heterocycles. The molecule has 0 aromatic carbocycles. The molecule has 0 unspecified atom stereocenters. The van der Waals surface area contributed by atoms with Crippen LogP contribution in [-0.4, -0.2) is 4.98 Å². The largest absolute Gasteiger partial charge is 0.273 e. The van der Waals surface area contributed by atoms with E-state index in [9.17, 15) is 0 Å². The quantitative estimate of drug-likeness (QED) is 0.693. The molecule has 0 saturated carbocycles. The first kappa shape index (κ1) is 7.79. The van der Waals surface area contributed by atoms with E-state index in [-0.39, 0.29) is 0 Å². The maximum Gasteiger partial charge on any atom is 0.110 e. The van der Waals surface area contributed by atoms with Crippen LogP contribution in [0.5, 0.6) is 0 Å². The van der Waals surface area contributed by atoms with E-state index in [0.717, 1.165) is 5.69 Å². The lowest BCUT2D eigenvalue weighted by Crippen LogP contribution is -1.87. The Morgan fingerprint density at radius 3 is 2.80 bits per heavy atom. The smallest absolute Gasteiger partial charge is 0.110 e. The maximum atomic E-state index is 5.58. The highest BCUT2D eigenvalue weighted by atomic mass is 35.5. The van der Waals surface area contributed by atoms with Gasteiger partial charge >= 0.3 is 0 Å². The molecule has 0 bridgehead atoms. The molecule has 1 aromatic rings. The Morgan fingerprint density at radius 2 is 2.30 bits per heavy atom. The second kappa shape index (κ2) is 3.76. The fourth-order valence-corrected chi connectivity index (χ4v) is 0.771. The van der Waals surface area contributed by atoms with Gasteiger partial charge in [0.2, 0.25) is 0 Å². The first-order valence-corrected chi connectivity index (χ1v) is 3.35. The first-order valence-electron chi connectivity index (χ1n) is 2.67. The summed E-state index contributed by atoms with van der Waals surface area (Å²) in [5, 5.41) is 0.610. The molecule has 54 valence electrons. The van der Waals surface area contributed by atoms with Crippen LogP contribution in [0.3, 0.4) is 0 Å². The van der Waals surface area contributed by atoms with E-state index in [0.29, 0.717) is 11.6 Å². The second-order valence-corrected chi connectivity index (χ2v) is 2.38. The fourth-order valence-electron chi connectivity index (χ4n) is 0.548. The van der Waals surface area contributed by atoms with Gasteiger partial charge in [0, 0.05) is 6.20 Å². The van der Waals surface area contributed by atoms with Gasteiger partial charge in [-0.05, 0) is 12.1 Å². The minimum atomic E-state index is 0.304. The summed E-state index contributed by atoms with van der Waals surface area (Å²) in [6.45, 7) is 0.304. The first-order chi connectivity index (χ1) is 4.83. The summed E-state index contributed by atoms with van der Waals surface area (Å²) in [5.74, 6) is 0. The third-order valence-electron chi connectivity index (χ3n) is 0.991. The Morgan fingerprint density at radius 1 is 1.50 bits per heavy atom. The molecule has 0 aliphatic carbocycles. The van der Waals surface area contributed by atoms with Crippen LogP contribution in [0.25, 0.3) is 0 Å². The fraction of sp³-hybridized carbons (Fsp3) is 0.167. The highest BCUT2D eigenvalue weighted by Gasteiger charge is 1.92. The average Bonchev–Trinajstić information content (AvgIpc) is 1.95. The topological polar surface area (TPSA) is 22.1 Å². The van der Waals surface area contributed by atoms with Crippen LogP contribution >= 0.6 is 23.5 Å². The third kappa shape index (κ3) is 2.14.